The minimum Gasteiger partial charge on any atom is -0.322 e. The highest BCUT2D eigenvalue weighted by Gasteiger charge is 2.26. The predicted molar refractivity (Wildman–Crippen MR) is 105 cm³/mol. The Morgan fingerprint density at radius 3 is 2.64 bits per heavy atom. The van der Waals surface area contributed by atoms with Crippen molar-refractivity contribution in [2.75, 3.05) is 16.8 Å². The number of carbonyl (C=O) groups excluding carboxylic acids is 2. The number of nitrogens with zero attached hydrogens (tertiary/aromatic N) is 3. The molecule has 0 unspecified atom stereocenters. The maximum absolute atomic E-state index is 12.9. The van der Waals surface area contributed by atoms with Gasteiger partial charge in [0.15, 0.2) is 0 Å². The van der Waals surface area contributed by atoms with Crippen molar-refractivity contribution >= 4 is 23.2 Å². The Labute approximate surface area is 162 Å². The van der Waals surface area contributed by atoms with Crippen LogP contribution in [0.2, 0.25) is 0 Å². The molecule has 4 rings (SSSR count). The zero-order valence-corrected chi connectivity index (χ0v) is 14.9. The number of nitriles is 1. The Morgan fingerprint density at radius 1 is 1.07 bits per heavy atom. The molecule has 0 aliphatic carbocycles. The quantitative estimate of drug-likeness (QED) is 0.768. The summed E-state index contributed by atoms with van der Waals surface area (Å²) in [5.41, 5.74) is 3.68. The number of carbonyl (C=O) groups is 2. The third-order valence-electron chi connectivity index (χ3n) is 4.65. The molecule has 0 radical (unpaired) electrons. The van der Waals surface area contributed by atoms with Crippen LogP contribution >= 0.6 is 0 Å². The Morgan fingerprint density at radius 2 is 1.86 bits per heavy atom. The first-order chi connectivity index (χ1) is 13.7. The average molecular weight is 368 g/mol. The van der Waals surface area contributed by atoms with Crippen molar-refractivity contribution in [3.8, 4) is 6.07 Å². The number of benzene rings is 2. The fourth-order valence-corrected chi connectivity index (χ4v) is 3.21. The molecule has 136 valence electrons. The van der Waals surface area contributed by atoms with Crippen molar-refractivity contribution in [3.05, 3.63) is 89.2 Å². The lowest BCUT2D eigenvalue weighted by molar-refractivity contribution is 0.0984. The molecule has 1 N–H and O–H groups in total. The Hall–Kier alpha value is -3.98. The van der Waals surface area contributed by atoms with Crippen LogP contribution in [0.25, 0.3) is 0 Å². The van der Waals surface area contributed by atoms with Crippen LogP contribution in [-0.2, 0) is 6.42 Å². The molecule has 0 bridgehead atoms. The number of hydrogen-bond donors (Lipinski definition) is 1. The summed E-state index contributed by atoms with van der Waals surface area (Å²) in [7, 11) is 0. The fourth-order valence-electron chi connectivity index (χ4n) is 3.21. The molecule has 6 nitrogen and oxygen atoms in total. The van der Waals surface area contributed by atoms with Gasteiger partial charge in [-0.05, 0) is 54.4 Å². The van der Waals surface area contributed by atoms with Gasteiger partial charge in [0.05, 0.1) is 11.6 Å². The van der Waals surface area contributed by atoms with Gasteiger partial charge in [0, 0.05) is 29.7 Å². The first kappa shape index (κ1) is 17.4. The molecule has 0 saturated carbocycles. The molecule has 0 spiro atoms. The first-order valence-corrected chi connectivity index (χ1v) is 8.83. The third-order valence-corrected chi connectivity index (χ3v) is 4.65. The van der Waals surface area contributed by atoms with Crippen molar-refractivity contribution in [1.29, 1.82) is 5.26 Å². The van der Waals surface area contributed by atoms with Gasteiger partial charge in [-0.3, -0.25) is 14.6 Å². The molecule has 1 aliphatic rings. The van der Waals surface area contributed by atoms with Crippen molar-refractivity contribution in [2.45, 2.75) is 6.42 Å². The number of aromatic nitrogens is 1. The number of pyridine rings is 1. The van der Waals surface area contributed by atoms with Crippen LogP contribution < -0.4 is 10.2 Å². The van der Waals surface area contributed by atoms with Gasteiger partial charge in [-0.15, -0.1) is 0 Å². The molecular formula is C22H16N4O2. The van der Waals surface area contributed by atoms with E-state index in [0.29, 0.717) is 23.4 Å². The summed E-state index contributed by atoms with van der Waals surface area (Å²) in [4.78, 5) is 31.3. The zero-order chi connectivity index (χ0) is 19.5. The highest BCUT2D eigenvalue weighted by molar-refractivity contribution is 6.09. The molecular weight excluding hydrogens is 352 g/mol. The molecule has 6 heteroatoms. The van der Waals surface area contributed by atoms with Crippen molar-refractivity contribution in [2.24, 2.45) is 0 Å². The highest BCUT2D eigenvalue weighted by Crippen LogP contribution is 2.28. The highest BCUT2D eigenvalue weighted by atomic mass is 16.2. The molecule has 0 atom stereocenters. The number of rotatable bonds is 3. The van der Waals surface area contributed by atoms with E-state index in [4.69, 9.17) is 5.26 Å². The Kier molecular flexibility index (Phi) is 4.56. The van der Waals surface area contributed by atoms with Crippen LogP contribution in [0.1, 0.15) is 32.0 Å². The summed E-state index contributed by atoms with van der Waals surface area (Å²) in [6.45, 7) is 0.599. The van der Waals surface area contributed by atoms with Gasteiger partial charge in [-0.25, -0.2) is 0 Å². The van der Waals surface area contributed by atoms with Gasteiger partial charge >= 0.3 is 0 Å². The summed E-state index contributed by atoms with van der Waals surface area (Å²) in [6, 6.07) is 19.5. The predicted octanol–water partition coefficient (Wildman–Crippen LogP) is 3.41. The number of amides is 2. The first-order valence-electron chi connectivity index (χ1n) is 8.83. The summed E-state index contributed by atoms with van der Waals surface area (Å²) >= 11 is 0. The van der Waals surface area contributed by atoms with Crippen LogP contribution in [0.15, 0.2) is 66.9 Å². The van der Waals surface area contributed by atoms with Crippen molar-refractivity contribution in [1.82, 2.24) is 4.98 Å². The normalized spacial score (nSPS) is 12.2. The molecule has 2 heterocycles. The van der Waals surface area contributed by atoms with E-state index in [2.05, 4.69) is 10.3 Å². The lowest BCUT2D eigenvalue weighted by atomic mass is 10.1. The van der Waals surface area contributed by atoms with Crippen molar-refractivity contribution in [3.63, 3.8) is 0 Å². The van der Waals surface area contributed by atoms with E-state index in [9.17, 15) is 9.59 Å². The average Bonchev–Trinajstić information content (AvgIpc) is 3.18. The van der Waals surface area contributed by atoms with Crippen LogP contribution in [0, 0.1) is 11.3 Å². The maximum atomic E-state index is 12.9. The Balaban J connectivity index is 1.53. The standard InChI is InChI=1S/C22H16N4O2/c23-14-15-5-7-18(8-6-15)25-21(27)17-9-11-24-19(13-17)22(28)26-12-10-16-3-1-2-4-20(16)26/h1-9,11,13H,10,12H2,(H,25,27). The van der Waals surface area contributed by atoms with Crippen LogP contribution in [0.3, 0.4) is 0 Å². The lowest BCUT2D eigenvalue weighted by Crippen LogP contribution is -2.30. The number of hydrogen-bond acceptors (Lipinski definition) is 4. The van der Waals surface area contributed by atoms with Crippen LogP contribution in [0.4, 0.5) is 11.4 Å². The molecule has 3 aromatic rings. The summed E-state index contributed by atoms with van der Waals surface area (Å²) in [5.74, 6) is -0.569. The summed E-state index contributed by atoms with van der Waals surface area (Å²) in [5, 5.41) is 11.6. The zero-order valence-electron chi connectivity index (χ0n) is 14.9. The van der Waals surface area contributed by atoms with E-state index in [1.165, 1.54) is 12.3 Å². The van der Waals surface area contributed by atoms with E-state index in [0.717, 1.165) is 17.7 Å². The van der Waals surface area contributed by atoms with E-state index in [1.54, 1.807) is 35.2 Å². The monoisotopic (exact) mass is 368 g/mol. The van der Waals surface area contributed by atoms with E-state index in [1.807, 2.05) is 30.3 Å². The minimum atomic E-state index is -0.344. The second-order valence-electron chi connectivity index (χ2n) is 6.41. The molecule has 0 fully saturated rings. The van der Waals surface area contributed by atoms with Crippen LogP contribution in [0.5, 0.6) is 0 Å². The second kappa shape index (κ2) is 7.33. The number of nitrogens with one attached hydrogen (secondary N) is 1. The van der Waals surface area contributed by atoms with E-state index in [-0.39, 0.29) is 17.5 Å². The van der Waals surface area contributed by atoms with Gasteiger partial charge in [0.1, 0.15) is 5.69 Å². The minimum absolute atomic E-state index is 0.224. The summed E-state index contributed by atoms with van der Waals surface area (Å²) in [6.07, 6.45) is 2.27. The molecule has 2 aromatic carbocycles. The lowest BCUT2D eigenvalue weighted by Gasteiger charge is -2.17. The van der Waals surface area contributed by atoms with Gasteiger partial charge < -0.3 is 10.2 Å². The smallest absolute Gasteiger partial charge is 0.276 e. The maximum Gasteiger partial charge on any atom is 0.276 e. The number of anilines is 2. The van der Waals surface area contributed by atoms with Crippen LogP contribution in [-0.4, -0.2) is 23.3 Å². The number of para-hydroxylation sites is 1. The summed E-state index contributed by atoms with van der Waals surface area (Å²) < 4.78 is 0. The van der Waals surface area contributed by atoms with Gasteiger partial charge in [-0.2, -0.15) is 5.26 Å². The molecule has 1 aliphatic heterocycles. The largest absolute Gasteiger partial charge is 0.322 e. The van der Waals surface area contributed by atoms with Gasteiger partial charge in [0.2, 0.25) is 0 Å². The SMILES string of the molecule is N#Cc1ccc(NC(=O)c2ccnc(C(=O)N3CCc4ccccc43)c2)cc1. The third kappa shape index (κ3) is 3.33. The molecule has 28 heavy (non-hydrogen) atoms. The molecule has 1 aromatic heterocycles. The van der Waals surface area contributed by atoms with Crippen molar-refractivity contribution < 1.29 is 9.59 Å². The molecule has 0 saturated heterocycles. The topological polar surface area (TPSA) is 86.1 Å². The fraction of sp³-hybridized carbons (Fsp3) is 0.0909. The van der Waals surface area contributed by atoms with Gasteiger partial charge in [-0.1, -0.05) is 18.2 Å². The second-order valence-corrected chi connectivity index (χ2v) is 6.41. The Bertz CT molecular complexity index is 1100. The van der Waals surface area contributed by atoms with Gasteiger partial charge in [0.25, 0.3) is 11.8 Å². The molecule has 2 amide bonds. The van der Waals surface area contributed by atoms with E-state index < -0.39 is 0 Å². The van der Waals surface area contributed by atoms with E-state index >= 15 is 0 Å². The number of fused-ring (bicyclic) bond motifs is 1.